The number of aryl methyl sites for hydroxylation is 1. The molecule has 0 unspecified atom stereocenters. The lowest BCUT2D eigenvalue weighted by molar-refractivity contribution is 0.162. The first-order valence-corrected chi connectivity index (χ1v) is 7.93. The minimum absolute atomic E-state index is 0.110. The van der Waals surface area contributed by atoms with Gasteiger partial charge in [0.05, 0.1) is 0 Å². The van der Waals surface area contributed by atoms with Crippen LogP contribution in [0.1, 0.15) is 49.8 Å². The highest BCUT2D eigenvalue weighted by atomic mass is 19.1. The molecule has 1 aliphatic heterocycles. The van der Waals surface area contributed by atoms with Crippen molar-refractivity contribution in [1.29, 1.82) is 0 Å². The van der Waals surface area contributed by atoms with Gasteiger partial charge in [-0.2, -0.15) is 0 Å². The third-order valence-electron chi connectivity index (χ3n) is 4.27. The Bertz CT molecular complexity index is 413. The summed E-state index contributed by atoms with van der Waals surface area (Å²) in [7, 11) is 0. The highest BCUT2D eigenvalue weighted by Crippen LogP contribution is 2.30. The Morgan fingerprint density at radius 1 is 1.25 bits per heavy atom. The summed E-state index contributed by atoms with van der Waals surface area (Å²) >= 11 is 0. The van der Waals surface area contributed by atoms with Crippen LogP contribution in [-0.2, 0) is 0 Å². The largest absolute Gasteiger partial charge is 0.314 e. The summed E-state index contributed by atoms with van der Waals surface area (Å²) in [4.78, 5) is 2.52. The topological polar surface area (TPSA) is 15.3 Å². The first-order valence-electron chi connectivity index (χ1n) is 7.93. The van der Waals surface area contributed by atoms with Crippen molar-refractivity contribution in [3.05, 3.63) is 35.1 Å². The van der Waals surface area contributed by atoms with Gasteiger partial charge < -0.3 is 5.32 Å². The van der Waals surface area contributed by atoms with Gasteiger partial charge in [0, 0.05) is 32.2 Å². The van der Waals surface area contributed by atoms with E-state index in [9.17, 15) is 4.39 Å². The van der Waals surface area contributed by atoms with E-state index < -0.39 is 0 Å². The molecule has 0 radical (unpaired) electrons. The molecular weight excluding hydrogens is 251 g/mol. The average molecular weight is 278 g/mol. The molecule has 1 fully saturated rings. The zero-order valence-electron chi connectivity index (χ0n) is 12.8. The molecule has 1 aromatic rings. The molecule has 2 rings (SSSR count). The molecule has 1 N–H and O–H groups in total. The van der Waals surface area contributed by atoms with Crippen molar-refractivity contribution in [2.45, 2.75) is 45.6 Å². The van der Waals surface area contributed by atoms with E-state index in [2.05, 4.69) is 24.1 Å². The van der Waals surface area contributed by atoms with Gasteiger partial charge in [0.15, 0.2) is 0 Å². The molecule has 1 aliphatic rings. The zero-order chi connectivity index (χ0) is 14.4. The summed E-state index contributed by atoms with van der Waals surface area (Å²) in [6, 6.07) is 5.60. The van der Waals surface area contributed by atoms with Crippen molar-refractivity contribution in [2.24, 2.45) is 0 Å². The van der Waals surface area contributed by atoms with Crippen molar-refractivity contribution >= 4 is 0 Å². The molecular formula is C17H27FN2. The van der Waals surface area contributed by atoms with Crippen molar-refractivity contribution < 1.29 is 4.39 Å². The Labute approximate surface area is 122 Å². The molecule has 0 saturated carbocycles. The van der Waals surface area contributed by atoms with Crippen molar-refractivity contribution in [3.8, 4) is 0 Å². The van der Waals surface area contributed by atoms with Gasteiger partial charge in [-0.25, -0.2) is 4.39 Å². The molecule has 0 aromatic heterocycles. The van der Waals surface area contributed by atoms with Crippen molar-refractivity contribution in [2.75, 3.05) is 26.2 Å². The molecule has 1 heterocycles. The van der Waals surface area contributed by atoms with Crippen LogP contribution in [0.4, 0.5) is 4.39 Å². The standard InChI is InChI=1S/C17H27FN2/c1-3-4-5-6-17(20-11-9-19-10-12-20)16-13-15(18)8-7-14(16)2/h7-8,13,17,19H,3-6,9-12H2,1-2H3/t17-/m0/s1. The van der Waals surface area contributed by atoms with Crippen LogP contribution in [0, 0.1) is 12.7 Å². The van der Waals surface area contributed by atoms with Gasteiger partial charge in [-0.3, -0.25) is 4.90 Å². The summed E-state index contributed by atoms with van der Waals surface area (Å²) in [6.07, 6.45) is 4.85. The van der Waals surface area contributed by atoms with E-state index in [1.165, 1.54) is 30.4 Å². The molecule has 20 heavy (non-hydrogen) atoms. The minimum Gasteiger partial charge on any atom is -0.314 e. The second-order valence-electron chi connectivity index (χ2n) is 5.80. The molecule has 3 heteroatoms. The SMILES string of the molecule is CCCCC[C@@H](c1cc(F)ccc1C)N1CCNCC1. The van der Waals surface area contributed by atoms with Crippen molar-refractivity contribution in [1.82, 2.24) is 10.2 Å². The van der Waals surface area contributed by atoms with Gasteiger partial charge in [0.2, 0.25) is 0 Å². The Kier molecular flexibility index (Phi) is 5.99. The van der Waals surface area contributed by atoms with Crippen molar-refractivity contribution in [3.63, 3.8) is 0 Å². The number of halogens is 1. The molecule has 1 aromatic carbocycles. The summed E-state index contributed by atoms with van der Waals surface area (Å²) in [5.41, 5.74) is 2.40. The molecule has 0 amide bonds. The fraction of sp³-hybridized carbons (Fsp3) is 0.647. The van der Waals surface area contributed by atoms with E-state index >= 15 is 0 Å². The fourth-order valence-corrected chi connectivity index (χ4v) is 3.09. The molecule has 0 spiro atoms. The molecule has 112 valence electrons. The van der Waals surface area contributed by atoms with Gasteiger partial charge in [-0.15, -0.1) is 0 Å². The quantitative estimate of drug-likeness (QED) is 0.799. The molecule has 2 nitrogen and oxygen atoms in total. The maximum atomic E-state index is 13.6. The summed E-state index contributed by atoms with van der Waals surface area (Å²) in [6.45, 7) is 8.54. The predicted molar refractivity (Wildman–Crippen MR) is 82.5 cm³/mol. The van der Waals surface area contributed by atoms with Gasteiger partial charge in [-0.05, 0) is 36.6 Å². The first kappa shape index (κ1) is 15.5. The van der Waals surface area contributed by atoms with E-state index in [-0.39, 0.29) is 5.82 Å². The third kappa shape index (κ3) is 4.03. The second kappa shape index (κ2) is 7.75. The average Bonchev–Trinajstić information content (AvgIpc) is 2.48. The molecule has 0 aliphatic carbocycles. The number of nitrogens with one attached hydrogen (secondary N) is 1. The van der Waals surface area contributed by atoms with E-state index in [1.54, 1.807) is 12.1 Å². The fourth-order valence-electron chi connectivity index (χ4n) is 3.09. The van der Waals surface area contributed by atoms with Crippen LogP contribution in [-0.4, -0.2) is 31.1 Å². The Morgan fingerprint density at radius 2 is 2.00 bits per heavy atom. The van der Waals surface area contributed by atoms with E-state index in [1.807, 2.05) is 6.07 Å². The molecule has 0 bridgehead atoms. The van der Waals surface area contributed by atoms with Crippen LogP contribution in [0.2, 0.25) is 0 Å². The highest BCUT2D eigenvalue weighted by molar-refractivity contribution is 5.29. The van der Waals surface area contributed by atoms with Crippen LogP contribution in [0.5, 0.6) is 0 Å². The Morgan fingerprint density at radius 3 is 2.70 bits per heavy atom. The summed E-state index contributed by atoms with van der Waals surface area (Å²) in [5.74, 6) is -0.110. The normalized spacial score (nSPS) is 18.1. The van der Waals surface area contributed by atoms with E-state index in [0.717, 1.165) is 32.6 Å². The van der Waals surface area contributed by atoms with Gasteiger partial charge >= 0.3 is 0 Å². The van der Waals surface area contributed by atoms with Crippen LogP contribution in [0.3, 0.4) is 0 Å². The number of unbranched alkanes of at least 4 members (excludes halogenated alkanes) is 2. The number of benzene rings is 1. The smallest absolute Gasteiger partial charge is 0.123 e. The second-order valence-corrected chi connectivity index (χ2v) is 5.80. The maximum absolute atomic E-state index is 13.6. The van der Waals surface area contributed by atoms with Gasteiger partial charge in [0.25, 0.3) is 0 Å². The van der Waals surface area contributed by atoms with E-state index in [0.29, 0.717) is 6.04 Å². The molecule has 1 saturated heterocycles. The lowest BCUT2D eigenvalue weighted by Crippen LogP contribution is -2.45. The number of hydrogen-bond acceptors (Lipinski definition) is 2. The van der Waals surface area contributed by atoms with Crippen LogP contribution >= 0.6 is 0 Å². The van der Waals surface area contributed by atoms with Crippen LogP contribution < -0.4 is 5.32 Å². The Balaban J connectivity index is 2.17. The van der Waals surface area contributed by atoms with Crippen LogP contribution in [0.15, 0.2) is 18.2 Å². The summed E-state index contributed by atoms with van der Waals surface area (Å²) in [5, 5.41) is 3.40. The Hall–Kier alpha value is -0.930. The van der Waals surface area contributed by atoms with Gasteiger partial charge in [-0.1, -0.05) is 32.3 Å². The van der Waals surface area contributed by atoms with Crippen LogP contribution in [0.25, 0.3) is 0 Å². The lowest BCUT2D eigenvalue weighted by Gasteiger charge is -2.36. The summed E-state index contributed by atoms with van der Waals surface area (Å²) < 4.78 is 13.6. The predicted octanol–water partition coefficient (Wildman–Crippen LogP) is 3.66. The first-order chi connectivity index (χ1) is 9.72. The number of nitrogens with zero attached hydrogens (tertiary/aromatic N) is 1. The van der Waals surface area contributed by atoms with E-state index in [4.69, 9.17) is 0 Å². The minimum atomic E-state index is -0.110. The third-order valence-corrected chi connectivity index (χ3v) is 4.27. The lowest BCUT2D eigenvalue weighted by atomic mass is 9.94. The molecule has 1 atom stereocenters. The van der Waals surface area contributed by atoms with Gasteiger partial charge in [0.1, 0.15) is 5.82 Å². The highest BCUT2D eigenvalue weighted by Gasteiger charge is 2.23. The maximum Gasteiger partial charge on any atom is 0.123 e. The monoisotopic (exact) mass is 278 g/mol. The number of rotatable bonds is 6. The number of piperazine rings is 1. The number of hydrogen-bond donors (Lipinski definition) is 1. The zero-order valence-corrected chi connectivity index (χ0v) is 12.8.